The molecule has 1 saturated heterocycles. The summed E-state index contributed by atoms with van der Waals surface area (Å²) < 4.78 is 21.2. The zero-order valence-corrected chi connectivity index (χ0v) is 16.9. The topological polar surface area (TPSA) is 81.0 Å². The molecular formula is C21H18FN3O4S. The van der Waals surface area contributed by atoms with E-state index in [0.717, 1.165) is 10.4 Å². The van der Waals surface area contributed by atoms with Crippen LogP contribution < -0.4 is 9.70 Å². The Kier molecular flexibility index (Phi) is 5.56. The Hall–Kier alpha value is -3.17. The largest absolute Gasteiger partial charge is 0.383 e. The molecule has 1 aliphatic rings. The highest BCUT2D eigenvalue weighted by molar-refractivity contribution is 7.16. The predicted molar refractivity (Wildman–Crippen MR) is 110 cm³/mol. The smallest absolute Gasteiger partial charge is 0.279 e. The first-order chi connectivity index (χ1) is 14.5. The van der Waals surface area contributed by atoms with Crippen molar-refractivity contribution >= 4 is 45.0 Å². The van der Waals surface area contributed by atoms with Gasteiger partial charge in [-0.05, 0) is 42.5 Å². The Balaban J connectivity index is 1.67. The number of methoxy groups -OCH3 is 1. The summed E-state index contributed by atoms with van der Waals surface area (Å²) in [6.07, 6.45) is 0.395. The van der Waals surface area contributed by atoms with Gasteiger partial charge in [0.1, 0.15) is 5.82 Å². The normalized spacial score (nSPS) is 14.9. The second-order valence-electron chi connectivity index (χ2n) is 6.73. The van der Waals surface area contributed by atoms with Crippen molar-refractivity contribution in [2.45, 2.75) is 19.4 Å². The van der Waals surface area contributed by atoms with Crippen molar-refractivity contribution in [2.24, 2.45) is 4.99 Å². The molecular weight excluding hydrogens is 409 g/mol. The van der Waals surface area contributed by atoms with Crippen molar-refractivity contribution in [3.63, 3.8) is 0 Å². The van der Waals surface area contributed by atoms with Gasteiger partial charge in [0, 0.05) is 32.1 Å². The highest BCUT2D eigenvalue weighted by atomic mass is 32.1. The average Bonchev–Trinajstić information content (AvgIpc) is 3.24. The summed E-state index contributed by atoms with van der Waals surface area (Å²) in [5.41, 5.74) is 1.53. The molecule has 0 atom stereocenters. The highest BCUT2D eigenvalue weighted by Gasteiger charge is 2.30. The first kappa shape index (κ1) is 20.1. The van der Waals surface area contributed by atoms with E-state index in [1.54, 1.807) is 25.3 Å². The number of ether oxygens (including phenoxy) is 1. The fraction of sp³-hybridized carbons (Fsp3) is 0.238. The van der Waals surface area contributed by atoms with Crippen LogP contribution in [0.2, 0.25) is 0 Å². The maximum atomic E-state index is 13.6. The SMILES string of the molecule is COCCn1c(=NC(=O)c2ccc(N3C(=O)CCC3=O)cc2)sc2cc(F)ccc21. The number of anilines is 1. The van der Waals surface area contributed by atoms with Crippen molar-refractivity contribution in [2.75, 3.05) is 18.6 Å². The summed E-state index contributed by atoms with van der Waals surface area (Å²) in [7, 11) is 1.58. The first-order valence-corrected chi connectivity index (χ1v) is 10.1. The van der Waals surface area contributed by atoms with Gasteiger partial charge in [0.15, 0.2) is 4.80 Å². The van der Waals surface area contributed by atoms with Crippen LogP contribution in [0.25, 0.3) is 10.2 Å². The van der Waals surface area contributed by atoms with E-state index in [2.05, 4.69) is 4.99 Å². The molecule has 154 valence electrons. The van der Waals surface area contributed by atoms with Gasteiger partial charge in [0.05, 0.1) is 22.5 Å². The number of benzene rings is 2. The number of aromatic nitrogens is 1. The lowest BCUT2D eigenvalue weighted by atomic mass is 10.2. The predicted octanol–water partition coefficient (Wildman–Crippen LogP) is 2.88. The molecule has 2 heterocycles. The van der Waals surface area contributed by atoms with Crippen LogP contribution in [0.15, 0.2) is 47.5 Å². The van der Waals surface area contributed by atoms with E-state index in [-0.39, 0.29) is 30.5 Å². The zero-order valence-electron chi connectivity index (χ0n) is 16.1. The number of hydrogen-bond acceptors (Lipinski definition) is 5. The number of fused-ring (bicyclic) bond motifs is 1. The molecule has 3 aromatic rings. The molecule has 0 saturated carbocycles. The Morgan fingerprint density at radius 2 is 1.83 bits per heavy atom. The van der Waals surface area contributed by atoms with Gasteiger partial charge in [-0.2, -0.15) is 4.99 Å². The van der Waals surface area contributed by atoms with Crippen LogP contribution in [-0.2, 0) is 20.9 Å². The van der Waals surface area contributed by atoms with Crippen LogP contribution in [-0.4, -0.2) is 36.0 Å². The van der Waals surface area contributed by atoms with Gasteiger partial charge in [0.2, 0.25) is 11.8 Å². The fourth-order valence-corrected chi connectivity index (χ4v) is 4.38. The number of rotatable bonds is 5. The van der Waals surface area contributed by atoms with Gasteiger partial charge in [0.25, 0.3) is 5.91 Å². The lowest BCUT2D eigenvalue weighted by molar-refractivity contribution is -0.121. The number of amides is 3. The molecule has 1 aliphatic heterocycles. The molecule has 0 spiro atoms. The molecule has 7 nitrogen and oxygen atoms in total. The summed E-state index contributed by atoms with van der Waals surface area (Å²) in [4.78, 5) is 42.2. The van der Waals surface area contributed by atoms with Gasteiger partial charge >= 0.3 is 0 Å². The monoisotopic (exact) mass is 427 g/mol. The molecule has 30 heavy (non-hydrogen) atoms. The third kappa shape index (κ3) is 3.81. The number of nitrogens with zero attached hydrogens (tertiary/aromatic N) is 3. The van der Waals surface area contributed by atoms with Gasteiger partial charge in [-0.25, -0.2) is 4.39 Å². The minimum Gasteiger partial charge on any atom is -0.383 e. The molecule has 0 bridgehead atoms. The highest BCUT2D eigenvalue weighted by Crippen LogP contribution is 2.23. The molecule has 9 heteroatoms. The Morgan fingerprint density at radius 3 is 2.50 bits per heavy atom. The molecule has 1 fully saturated rings. The Morgan fingerprint density at radius 1 is 1.13 bits per heavy atom. The molecule has 1 aromatic heterocycles. The number of thiazole rings is 1. The third-order valence-electron chi connectivity index (χ3n) is 4.78. The minimum atomic E-state index is -0.473. The van der Waals surface area contributed by atoms with E-state index in [1.165, 1.54) is 35.6 Å². The summed E-state index contributed by atoms with van der Waals surface area (Å²) in [5, 5.41) is 0. The number of imide groups is 1. The van der Waals surface area contributed by atoms with E-state index >= 15 is 0 Å². The first-order valence-electron chi connectivity index (χ1n) is 9.30. The molecule has 0 unspecified atom stereocenters. The molecule has 4 rings (SSSR count). The van der Waals surface area contributed by atoms with E-state index in [0.29, 0.717) is 33.9 Å². The Labute approximate surface area is 175 Å². The summed E-state index contributed by atoms with van der Waals surface area (Å²) in [5.74, 6) is -1.33. The standard InChI is InChI=1S/C21H18FN3O4S/c1-29-11-10-24-16-7-4-14(22)12-17(16)30-21(24)23-20(28)13-2-5-15(6-3-13)25-18(26)8-9-19(25)27/h2-7,12H,8-11H2,1H3. The minimum absolute atomic E-state index is 0.197. The van der Waals surface area contributed by atoms with Gasteiger partial charge in [-0.3, -0.25) is 19.3 Å². The van der Waals surface area contributed by atoms with Gasteiger partial charge < -0.3 is 9.30 Å². The summed E-state index contributed by atoms with van der Waals surface area (Å²) in [6, 6.07) is 10.6. The van der Waals surface area contributed by atoms with Crippen LogP contribution in [0.5, 0.6) is 0 Å². The maximum absolute atomic E-state index is 13.6. The quantitative estimate of drug-likeness (QED) is 0.587. The molecule has 2 aromatic carbocycles. The summed E-state index contributed by atoms with van der Waals surface area (Å²) >= 11 is 1.22. The van der Waals surface area contributed by atoms with Crippen LogP contribution >= 0.6 is 11.3 Å². The summed E-state index contributed by atoms with van der Waals surface area (Å²) in [6.45, 7) is 0.879. The van der Waals surface area contributed by atoms with Crippen molar-refractivity contribution < 1.29 is 23.5 Å². The van der Waals surface area contributed by atoms with Crippen LogP contribution in [0.4, 0.5) is 10.1 Å². The van der Waals surface area contributed by atoms with E-state index in [1.807, 2.05) is 4.57 Å². The van der Waals surface area contributed by atoms with Crippen molar-refractivity contribution in [1.82, 2.24) is 4.57 Å². The molecule has 0 aliphatic carbocycles. The Bertz CT molecular complexity index is 1200. The van der Waals surface area contributed by atoms with Crippen LogP contribution in [0.1, 0.15) is 23.2 Å². The number of hydrogen-bond donors (Lipinski definition) is 0. The van der Waals surface area contributed by atoms with Crippen molar-refractivity contribution in [3.05, 3.63) is 58.6 Å². The van der Waals surface area contributed by atoms with Crippen molar-refractivity contribution in [3.8, 4) is 0 Å². The van der Waals surface area contributed by atoms with Gasteiger partial charge in [-0.1, -0.05) is 11.3 Å². The molecule has 3 amide bonds. The molecule has 0 radical (unpaired) electrons. The molecule has 0 N–H and O–H groups in total. The average molecular weight is 427 g/mol. The van der Waals surface area contributed by atoms with Crippen LogP contribution in [0.3, 0.4) is 0 Å². The van der Waals surface area contributed by atoms with Crippen LogP contribution in [0, 0.1) is 5.82 Å². The van der Waals surface area contributed by atoms with E-state index < -0.39 is 5.91 Å². The second-order valence-corrected chi connectivity index (χ2v) is 7.74. The number of halogens is 1. The lowest BCUT2D eigenvalue weighted by Gasteiger charge is -2.13. The third-order valence-corrected chi connectivity index (χ3v) is 5.83. The number of carbonyl (C=O) groups excluding carboxylic acids is 3. The fourth-order valence-electron chi connectivity index (χ4n) is 3.30. The van der Waals surface area contributed by atoms with Gasteiger partial charge in [-0.15, -0.1) is 0 Å². The lowest BCUT2D eigenvalue weighted by Crippen LogP contribution is -2.28. The maximum Gasteiger partial charge on any atom is 0.279 e. The number of carbonyl (C=O) groups is 3. The second kappa shape index (κ2) is 8.29. The van der Waals surface area contributed by atoms with E-state index in [9.17, 15) is 18.8 Å². The van der Waals surface area contributed by atoms with Crippen molar-refractivity contribution in [1.29, 1.82) is 0 Å². The zero-order chi connectivity index (χ0) is 21.3. The van der Waals surface area contributed by atoms with E-state index in [4.69, 9.17) is 4.74 Å².